The molecule has 150 valence electrons. The number of amides is 1. The predicted molar refractivity (Wildman–Crippen MR) is 85.2 cm³/mol. The number of rotatable bonds is 6. The van der Waals surface area contributed by atoms with Gasteiger partial charge in [-0.05, 0) is 6.07 Å². The van der Waals surface area contributed by atoms with Crippen molar-refractivity contribution in [2.45, 2.75) is 30.7 Å². The predicted octanol–water partition coefficient (Wildman–Crippen LogP) is 3.14. The average molecular weight is 430 g/mol. The van der Waals surface area contributed by atoms with E-state index in [0.717, 1.165) is 12.3 Å². The Hall–Kier alpha value is -1.46. The van der Waals surface area contributed by atoms with Crippen LogP contribution < -0.4 is 15.4 Å². The van der Waals surface area contributed by atoms with Crippen molar-refractivity contribution in [3.63, 3.8) is 0 Å². The first kappa shape index (κ1) is 24.5. The van der Waals surface area contributed by atoms with Crippen molar-refractivity contribution >= 4 is 36.4 Å². The van der Waals surface area contributed by atoms with E-state index >= 15 is 0 Å². The summed E-state index contributed by atoms with van der Waals surface area (Å²) in [6.07, 6.45) is -3.48. The maximum absolute atomic E-state index is 13.0. The Morgan fingerprint density at radius 1 is 1.38 bits per heavy atom. The standard InChI is InChI=1S/C13H13F6N3O2.2ClH/c14-11(15)13(18,19)6-24-9-2-1-7(4-20-9)22-10(23)8-3-12(16,17)5-21-8;;/h1-2,4,8,11,21H,3,5-6H2,(H,22,23);2*1H. The fourth-order valence-electron chi connectivity index (χ4n) is 1.90. The van der Waals surface area contributed by atoms with Crippen LogP contribution in [0.15, 0.2) is 18.3 Å². The highest BCUT2D eigenvalue weighted by Gasteiger charge is 2.43. The second-order valence-corrected chi connectivity index (χ2v) is 5.22. The van der Waals surface area contributed by atoms with Gasteiger partial charge in [-0.3, -0.25) is 10.1 Å². The molecule has 2 rings (SSSR count). The van der Waals surface area contributed by atoms with Gasteiger partial charge in [0.05, 0.1) is 24.5 Å². The van der Waals surface area contributed by atoms with Gasteiger partial charge in [0.25, 0.3) is 5.92 Å². The average Bonchev–Trinajstić information content (AvgIpc) is 2.87. The van der Waals surface area contributed by atoms with Gasteiger partial charge in [0, 0.05) is 12.5 Å². The van der Waals surface area contributed by atoms with E-state index in [1.807, 2.05) is 0 Å². The summed E-state index contributed by atoms with van der Waals surface area (Å²) in [4.78, 5) is 15.3. The monoisotopic (exact) mass is 429 g/mol. The van der Waals surface area contributed by atoms with Crippen LogP contribution in [0.1, 0.15) is 6.42 Å². The number of pyridine rings is 1. The van der Waals surface area contributed by atoms with E-state index in [-0.39, 0.29) is 36.4 Å². The molecule has 0 radical (unpaired) electrons. The van der Waals surface area contributed by atoms with E-state index in [4.69, 9.17) is 0 Å². The molecule has 1 aliphatic rings. The molecule has 2 heterocycles. The van der Waals surface area contributed by atoms with Crippen molar-refractivity contribution in [2.24, 2.45) is 0 Å². The van der Waals surface area contributed by atoms with Crippen LogP contribution in [-0.4, -0.2) is 48.4 Å². The lowest BCUT2D eigenvalue weighted by Crippen LogP contribution is -2.35. The Balaban J connectivity index is 0.00000312. The molecule has 5 nitrogen and oxygen atoms in total. The van der Waals surface area contributed by atoms with Gasteiger partial charge in [-0.25, -0.2) is 22.5 Å². The summed E-state index contributed by atoms with van der Waals surface area (Å²) in [6.45, 7) is -2.15. The van der Waals surface area contributed by atoms with E-state index in [0.29, 0.717) is 0 Å². The van der Waals surface area contributed by atoms with Gasteiger partial charge < -0.3 is 10.1 Å². The molecule has 1 fully saturated rings. The number of ether oxygens (including phenoxy) is 1. The molecule has 0 spiro atoms. The van der Waals surface area contributed by atoms with Gasteiger partial charge in [0.2, 0.25) is 11.8 Å². The molecular weight excluding hydrogens is 415 g/mol. The van der Waals surface area contributed by atoms with E-state index in [1.165, 1.54) is 6.07 Å². The fourth-order valence-corrected chi connectivity index (χ4v) is 1.90. The number of halogens is 8. The number of carbonyl (C=O) groups is 1. The quantitative estimate of drug-likeness (QED) is 0.681. The number of anilines is 1. The topological polar surface area (TPSA) is 63.2 Å². The van der Waals surface area contributed by atoms with Gasteiger partial charge in [-0.15, -0.1) is 24.8 Å². The molecule has 0 saturated carbocycles. The van der Waals surface area contributed by atoms with Crippen molar-refractivity contribution < 1.29 is 35.9 Å². The second-order valence-electron chi connectivity index (χ2n) is 5.22. The molecule has 1 atom stereocenters. The lowest BCUT2D eigenvalue weighted by Gasteiger charge is -2.15. The van der Waals surface area contributed by atoms with Crippen LogP contribution in [0.3, 0.4) is 0 Å². The van der Waals surface area contributed by atoms with Crippen molar-refractivity contribution in [1.82, 2.24) is 10.3 Å². The zero-order valence-electron chi connectivity index (χ0n) is 12.9. The third-order valence-electron chi connectivity index (χ3n) is 3.16. The summed E-state index contributed by atoms with van der Waals surface area (Å²) in [5, 5.41) is 4.68. The maximum atomic E-state index is 13.0. The fraction of sp³-hybridized carbons (Fsp3) is 0.538. The normalized spacial score (nSPS) is 18.7. The molecule has 1 aromatic rings. The minimum absolute atomic E-state index is 0. The van der Waals surface area contributed by atoms with Crippen LogP contribution in [-0.2, 0) is 4.79 Å². The lowest BCUT2D eigenvalue weighted by molar-refractivity contribution is -0.148. The van der Waals surface area contributed by atoms with Gasteiger partial charge in [-0.2, -0.15) is 8.78 Å². The number of carbonyl (C=O) groups excluding carboxylic acids is 1. The number of aromatic nitrogens is 1. The second kappa shape index (κ2) is 9.47. The molecule has 1 aliphatic heterocycles. The third kappa shape index (κ3) is 6.69. The number of alkyl halides is 6. The lowest BCUT2D eigenvalue weighted by atomic mass is 10.2. The minimum Gasteiger partial charge on any atom is -0.471 e. The Bertz CT molecular complexity index is 592. The van der Waals surface area contributed by atoms with Crippen molar-refractivity contribution in [3.05, 3.63) is 18.3 Å². The van der Waals surface area contributed by atoms with E-state index in [1.54, 1.807) is 0 Å². The first-order valence-corrected chi connectivity index (χ1v) is 6.76. The molecule has 1 unspecified atom stereocenters. The number of nitrogens with zero attached hydrogens (tertiary/aromatic N) is 1. The molecule has 0 aromatic carbocycles. The highest BCUT2D eigenvalue weighted by molar-refractivity contribution is 5.95. The number of hydrogen-bond donors (Lipinski definition) is 2. The molecule has 0 bridgehead atoms. The Morgan fingerprint density at radius 2 is 2.04 bits per heavy atom. The minimum atomic E-state index is -4.31. The molecule has 26 heavy (non-hydrogen) atoms. The van der Waals surface area contributed by atoms with Crippen LogP contribution in [0.2, 0.25) is 0 Å². The SMILES string of the molecule is Cl.Cl.O=C(Nc1ccc(OCC(F)(F)C(F)F)nc1)C1CC(F)(F)CN1. The Morgan fingerprint density at radius 3 is 2.50 bits per heavy atom. The van der Waals surface area contributed by atoms with Crippen LogP contribution >= 0.6 is 24.8 Å². The van der Waals surface area contributed by atoms with Crippen LogP contribution in [0.25, 0.3) is 0 Å². The van der Waals surface area contributed by atoms with Gasteiger partial charge >= 0.3 is 12.3 Å². The van der Waals surface area contributed by atoms with Gasteiger partial charge in [0.1, 0.15) is 0 Å². The zero-order valence-corrected chi connectivity index (χ0v) is 14.5. The first-order chi connectivity index (χ1) is 11.1. The highest BCUT2D eigenvalue weighted by atomic mass is 35.5. The third-order valence-corrected chi connectivity index (χ3v) is 3.16. The summed E-state index contributed by atoms with van der Waals surface area (Å²) in [5.41, 5.74) is 0.116. The van der Waals surface area contributed by atoms with Gasteiger partial charge in [-0.1, -0.05) is 0 Å². The van der Waals surface area contributed by atoms with Crippen molar-refractivity contribution in [3.8, 4) is 5.88 Å². The highest BCUT2D eigenvalue weighted by Crippen LogP contribution is 2.26. The summed E-state index contributed by atoms with van der Waals surface area (Å²) in [7, 11) is 0. The van der Waals surface area contributed by atoms with E-state index in [9.17, 15) is 31.1 Å². The first-order valence-electron chi connectivity index (χ1n) is 6.76. The smallest absolute Gasteiger partial charge is 0.340 e. The molecule has 1 aromatic heterocycles. The van der Waals surface area contributed by atoms with Crippen LogP contribution in [0.5, 0.6) is 5.88 Å². The van der Waals surface area contributed by atoms with E-state index in [2.05, 4.69) is 20.4 Å². The molecule has 0 aliphatic carbocycles. The number of nitrogens with one attached hydrogen (secondary N) is 2. The Kier molecular flexibility index (Phi) is 8.94. The van der Waals surface area contributed by atoms with Crippen LogP contribution in [0, 0.1) is 0 Å². The zero-order chi connectivity index (χ0) is 18.0. The summed E-state index contributed by atoms with van der Waals surface area (Å²) in [5.74, 6) is -8.33. The largest absolute Gasteiger partial charge is 0.471 e. The molecule has 1 saturated heterocycles. The van der Waals surface area contributed by atoms with Crippen LogP contribution in [0.4, 0.5) is 32.0 Å². The van der Waals surface area contributed by atoms with E-state index < -0.39 is 49.8 Å². The summed E-state index contributed by atoms with van der Waals surface area (Å²) in [6, 6.07) is 1.22. The Labute approximate surface area is 156 Å². The molecule has 13 heteroatoms. The van der Waals surface area contributed by atoms with Crippen molar-refractivity contribution in [1.29, 1.82) is 0 Å². The van der Waals surface area contributed by atoms with Gasteiger partial charge in [0.15, 0.2) is 6.61 Å². The molecule has 1 amide bonds. The van der Waals surface area contributed by atoms with Crippen molar-refractivity contribution in [2.75, 3.05) is 18.5 Å². The molecular formula is C13H15Cl2F6N3O2. The maximum Gasteiger partial charge on any atom is 0.340 e. The summed E-state index contributed by atoms with van der Waals surface area (Å²) >= 11 is 0. The number of hydrogen-bond acceptors (Lipinski definition) is 4. The summed E-state index contributed by atoms with van der Waals surface area (Å²) < 4.78 is 79.8. The molecule has 2 N–H and O–H groups in total.